The van der Waals surface area contributed by atoms with Gasteiger partial charge >= 0.3 is 0 Å². The molecule has 0 aromatic heterocycles. The lowest BCUT2D eigenvalue weighted by molar-refractivity contribution is 0.627. The predicted octanol–water partition coefficient (Wildman–Crippen LogP) is 4.34. The van der Waals surface area contributed by atoms with Gasteiger partial charge in [-0.15, -0.1) is 0 Å². The lowest BCUT2D eigenvalue weighted by Crippen LogP contribution is -2.16. The number of rotatable bonds is 5. The summed E-state index contributed by atoms with van der Waals surface area (Å²) in [6, 6.07) is 19.4. The summed E-state index contributed by atoms with van der Waals surface area (Å²) < 4.78 is 1.14. The zero-order chi connectivity index (χ0) is 13.1. The van der Waals surface area contributed by atoms with Crippen LogP contribution < -0.4 is 5.32 Å². The van der Waals surface area contributed by atoms with Crippen molar-refractivity contribution in [3.63, 3.8) is 0 Å². The van der Waals surface area contributed by atoms with Crippen LogP contribution in [0.1, 0.15) is 23.5 Å². The lowest BCUT2D eigenvalue weighted by atomic mass is 10.1. The Morgan fingerprint density at radius 2 is 1.74 bits per heavy atom. The second-order valence-electron chi connectivity index (χ2n) is 5.27. The van der Waals surface area contributed by atoms with E-state index in [1.165, 1.54) is 17.5 Å². The highest BCUT2D eigenvalue weighted by atomic mass is 79.9. The molecule has 0 saturated heterocycles. The third-order valence-electron chi connectivity index (χ3n) is 3.80. The standard InChI is InChI=1S/C17H18BrN/c18-16-8-6-13(7-9-16)11-19-12-15-10-17(15)14-4-2-1-3-5-14/h1-9,15,17,19H,10-12H2/t15-,17-/m0/s1. The molecular formula is C17H18BrN. The molecule has 0 aliphatic heterocycles. The molecule has 98 valence electrons. The minimum absolute atomic E-state index is 0.776. The number of benzene rings is 2. The van der Waals surface area contributed by atoms with Crippen LogP contribution >= 0.6 is 15.9 Å². The minimum Gasteiger partial charge on any atom is -0.312 e. The van der Waals surface area contributed by atoms with E-state index in [2.05, 4.69) is 75.8 Å². The van der Waals surface area contributed by atoms with E-state index in [1.54, 1.807) is 0 Å². The molecule has 0 bridgehead atoms. The first-order chi connectivity index (χ1) is 9.33. The van der Waals surface area contributed by atoms with Gasteiger partial charge in [-0.3, -0.25) is 0 Å². The van der Waals surface area contributed by atoms with Crippen LogP contribution in [0.15, 0.2) is 59.1 Å². The Hall–Kier alpha value is -1.12. The molecule has 0 spiro atoms. The Morgan fingerprint density at radius 3 is 2.47 bits per heavy atom. The molecule has 0 heterocycles. The Balaban J connectivity index is 1.44. The second-order valence-corrected chi connectivity index (χ2v) is 6.19. The van der Waals surface area contributed by atoms with E-state index in [4.69, 9.17) is 0 Å². The highest BCUT2D eigenvalue weighted by molar-refractivity contribution is 9.10. The van der Waals surface area contributed by atoms with Gasteiger partial charge in [0.25, 0.3) is 0 Å². The summed E-state index contributed by atoms with van der Waals surface area (Å²) in [6.07, 6.45) is 1.33. The highest BCUT2D eigenvalue weighted by Gasteiger charge is 2.37. The third kappa shape index (κ3) is 3.46. The van der Waals surface area contributed by atoms with Gasteiger partial charge in [-0.1, -0.05) is 58.4 Å². The predicted molar refractivity (Wildman–Crippen MR) is 83.1 cm³/mol. The molecule has 1 nitrogen and oxygen atoms in total. The molecule has 2 atom stereocenters. The van der Waals surface area contributed by atoms with Crippen molar-refractivity contribution >= 4 is 15.9 Å². The number of halogens is 1. The summed E-state index contributed by atoms with van der Waals surface area (Å²) in [6.45, 7) is 2.08. The van der Waals surface area contributed by atoms with E-state index in [9.17, 15) is 0 Å². The van der Waals surface area contributed by atoms with Crippen molar-refractivity contribution in [1.82, 2.24) is 5.32 Å². The average molecular weight is 316 g/mol. The van der Waals surface area contributed by atoms with Crippen LogP contribution in [-0.4, -0.2) is 6.54 Å². The monoisotopic (exact) mass is 315 g/mol. The van der Waals surface area contributed by atoms with Crippen molar-refractivity contribution in [2.75, 3.05) is 6.54 Å². The molecule has 2 heteroatoms. The van der Waals surface area contributed by atoms with Gasteiger partial charge in [0.1, 0.15) is 0 Å². The van der Waals surface area contributed by atoms with Crippen molar-refractivity contribution in [2.24, 2.45) is 5.92 Å². The second kappa shape index (κ2) is 5.89. The molecule has 1 aliphatic carbocycles. The Bertz CT molecular complexity index is 521. The first-order valence-corrected chi connectivity index (χ1v) is 7.62. The summed E-state index contributed by atoms with van der Waals surface area (Å²) in [7, 11) is 0. The van der Waals surface area contributed by atoms with Gasteiger partial charge in [0, 0.05) is 11.0 Å². The zero-order valence-electron chi connectivity index (χ0n) is 10.9. The zero-order valence-corrected chi connectivity index (χ0v) is 12.4. The van der Waals surface area contributed by atoms with Crippen molar-refractivity contribution in [2.45, 2.75) is 18.9 Å². The molecule has 1 aliphatic rings. The topological polar surface area (TPSA) is 12.0 Å². The van der Waals surface area contributed by atoms with Crippen LogP contribution in [-0.2, 0) is 6.54 Å². The Morgan fingerprint density at radius 1 is 1.00 bits per heavy atom. The smallest absolute Gasteiger partial charge is 0.0205 e. The maximum absolute atomic E-state index is 3.57. The van der Waals surface area contributed by atoms with Gasteiger partial charge in [0.15, 0.2) is 0 Å². The Labute approximate surface area is 123 Å². The van der Waals surface area contributed by atoms with Gasteiger partial charge in [0.05, 0.1) is 0 Å². The minimum atomic E-state index is 0.776. The van der Waals surface area contributed by atoms with Gasteiger partial charge in [-0.2, -0.15) is 0 Å². The normalized spacial score (nSPS) is 21.3. The first kappa shape index (κ1) is 12.9. The molecule has 1 N–H and O–H groups in total. The average Bonchev–Trinajstić information content (AvgIpc) is 3.22. The van der Waals surface area contributed by atoms with Crippen LogP contribution in [0.2, 0.25) is 0 Å². The molecule has 3 rings (SSSR count). The van der Waals surface area contributed by atoms with Crippen molar-refractivity contribution < 1.29 is 0 Å². The summed E-state index contributed by atoms with van der Waals surface area (Å²) in [5, 5.41) is 3.57. The van der Waals surface area contributed by atoms with E-state index in [0.29, 0.717) is 0 Å². The van der Waals surface area contributed by atoms with Gasteiger partial charge in [-0.25, -0.2) is 0 Å². The van der Waals surface area contributed by atoms with Crippen molar-refractivity contribution in [1.29, 1.82) is 0 Å². The van der Waals surface area contributed by atoms with E-state index < -0.39 is 0 Å². The molecule has 19 heavy (non-hydrogen) atoms. The molecule has 1 saturated carbocycles. The van der Waals surface area contributed by atoms with Crippen LogP contribution in [0.5, 0.6) is 0 Å². The summed E-state index contributed by atoms with van der Waals surface area (Å²) in [5.41, 5.74) is 2.85. The fourth-order valence-electron chi connectivity index (χ4n) is 2.59. The van der Waals surface area contributed by atoms with Crippen LogP contribution in [0.4, 0.5) is 0 Å². The maximum Gasteiger partial charge on any atom is 0.0205 e. The largest absolute Gasteiger partial charge is 0.312 e. The number of nitrogens with one attached hydrogen (secondary N) is 1. The lowest BCUT2D eigenvalue weighted by Gasteiger charge is -2.05. The van der Waals surface area contributed by atoms with E-state index in [1.807, 2.05) is 0 Å². The molecular weight excluding hydrogens is 298 g/mol. The molecule has 0 unspecified atom stereocenters. The number of hydrogen-bond donors (Lipinski definition) is 1. The summed E-state index contributed by atoms with van der Waals surface area (Å²) in [4.78, 5) is 0. The van der Waals surface area contributed by atoms with E-state index in [0.717, 1.165) is 29.4 Å². The fraction of sp³-hybridized carbons (Fsp3) is 0.294. The number of hydrogen-bond acceptors (Lipinski definition) is 1. The first-order valence-electron chi connectivity index (χ1n) is 6.83. The molecule has 0 radical (unpaired) electrons. The summed E-state index contributed by atoms with van der Waals surface area (Å²) in [5.74, 6) is 1.59. The fourth-order valence-corrected chi connectivity index (χ4v) is 2.85. The van der Waals surface area contributed by atoms with Crippen molar-refractivity contribution in [3.05, 3.63) is 70.2 Å². The van der Waals surface area contributed by atoms with Crippen LogP contribution in [0.3, 0.4) is 0 Å². The molecule has 2 aromatic rings. The molecule has 0 amide bonds. The van der Waals surface area contributed by atoms with E-state index >= 15 is 0 Å². The SMILES string of the molecule is Brc1ccc(CNC[C@@H]2C[C@H]2c2ccccc2)cc1. The summed E-state index contributed by atoms with van der Waals surface area (Å²) >= 11 is 3.46. The quantitative estimate of drug-likeness (QED) is 0.865. The third-order valence-corrected chi connectivity index (χ3v) is 4.33. The van der Waals surface area contributed by atoms with Crippen LogP contribution in [0, 0.1) is 5.92 Å². The Kier molecular flexibility index (Phi) is 4.00. The molecule has 2 aromatic carbocycles. The van der Waals surface area contributed by atoms with Crippen molar-refractivity contribution in [3.8, 4) is 0 Å². The van der Waals surface area contributed by atoms with Gasteiger partial charge in [-0.05, 0) is 48.1 Å². The van der Waals surface area contributed by atoms with Gasteiger partial charge in [0.2, 0.25) is 0 Å². The molecule has 1 fully saturated rings. The van der Waals surface area contributed by atoms with Gasteiger partial charge < -0.3 is 5.32 Å². The maximum atomic E-state index is 3.57. The highest BCUT2D eigenvalue weighted by Crippen LogP contribution is 2.46. The van der Waals surface area contributed by atoms with E-state index in [-0.39, 0.29) is 0 Å². The van der Waals surface area contributed by atoms with Crippen LogP contribution in [0.25, 0.3) is 0 Å².